The predicted molar refractivity (Wildman–Crippen MR) is 104 cm³/mol. The van der Waals surface area contributed by atoms with E-state index in [1.54, 1.807) is 46.0 Å². The van der Waals surface area contributed by atoms with E-state index in [0.717, 1.165) is 6.92 Å². The summed E-state index contributed by atoms with van der Waals surface area (Å²) in [6, 6.07) is 4.61. The summed E-state index contributed by atoms with van der Waals surface area (Å²) in [6.45, 7) is 4.89. The fraction of sp³-hybridized carbons (Fsp3) is 0.450. The van der Waals surface area contributed by atoms with Gasteiger partial charge in [0, 0.05) is 30.1 Å². The van der Waals surface area contributed by atoms with Crippen molar-refractivity contribution >= 4 is 11.7 Å². The molecular formula is C20H25F3N4O2. The first-order valence-corrected chi connectivity index (χ1v) is 9.12. The molecule has 29 heavy (non-hydrogen) atoms. The standard InChI is InChI=1S/C20H25F3N4O2/c1-11-6-16(9-25-19(11)29-10-20(22,23)14(4)21)13(3)27-18(28)15-7-12(2)26-17(8-15)24-5/h6-9,13-14H,10H2,1-5H3,(H,24,26)(H,27,28). The second kappa shape index (κ2) is 9.11. The number of hydrogen-bond donors (Lipinski definition) is 2. The Morgan fingerprint density at radius 3 is 2.52 bits per heavy atom. The van der Waals surface area contributed by atoms with Crippen molar-refractivity contribution in [3.63, 3.8) is 0 Å². The summed E-state index contributed by atoms with van der Waals surface area (Å²) in [5.74, 6) is -3.30. The van der Waals surface area contributed by atoms with E-state index in [2.05, 4.69) is 20.6 Å². The molecule has 2 aromatic rings. The second-order valence-corrected chi connectivity index (χ2v) is 6.88. The summed E-state index contributed by atoms with van der Waals surface area (Å²) < 4.78 is 44.6. The van der Waals surface area contributed by atoms with Crippen LogP contribution in [0.5, 0.6) is 5.88 Å². The van der Waals surface area contributed by atoms with Gasteiger partial charge in [0.05, 0.1) is 6.04 Å². The quantitative estimate of drug-likeness (QED) is 0.688. The SMILES string of the molecule is CNc1cc(C(=O)NC(C)c2cnc(OCC(F)(F)C(C)F)c(C)c2)cc(C)n1. The van der Waals surface area contributed by atoms with E-state index in [0.29, 0.717) is 28.2 Å². The van der Waals surface area contributed by atoms with Gasteiger partial charge in [0.2, 0.25) is 5.88 Å². The first-order chi connectivity index (χ1) is 13.5. The summed E-state index contributed by atoms with van der Waals surface area (Å²) in [7, 11) is 1.72. The van der Waals surface area contributed by atoms with Gasteiger partial charge in [0.1, 0.15) is 5.82 Å². The van der Waals surface area contributed by atoms with Crippen LogP contribution in [0.2, 0.25) is 0 Å². The number of rotatable bonds is 8. The Balaban J connectivity index is 2.08. The Labute approximate surface area is 167 Å². The lowest BCUT2D eigenvalue weighted by Crippen LogP contribution is -2.34. The highest BCUT2D eigenvalue weighted by Crippen LogP contribution is 2.25. The number of amides is 1. The fourth-order valence-corrected chi connectivity index (χ4v) is 2.54. The lowest BCUT2D eigenvalue weighted by Gasteiger charge is -2.19. The number of nitrogens with zero attached hydrogens (tertiary/aromatic N) is 2. The van der Waals surface area contributed by atoms with Gasteiger partial charge in [-0.25, -0.2) is 14.4 Å². The Kier molecular flexibility index (Phi) is 7.05. The number of aromatic nitrogens is 2. The smallest absolute Gasteiger partial charge is 0.311 e. The van der Waals surface area contributed by atoms with Gasteiger partial charge in [0.15, 0.2) is 12.8 Å². The van der Waals surface area contributed by atoms with Gasteiger partial charge in [-0.15, -0.1) is 0 Å². The minimum absolute atomic E-state index is 0.00368. The maximum Gasteiger partial charge on any atom is 0.311 e. The molecule has 2 heterocycles. The molecule has 0 radical (unpaired) electrons. The molecule has 1 amide bonds. The summed E-state index contributed by atoms with van der Waals surface area (Å²) in [6.07, 6.45) is -0.890. The van der Waals surface area contributed by atoms with Crippen LogP contribution in [-0.4, -0.2) is 41.6 Å². The van der Waals surface area contributed by atoms with E-state index < -0.39 is 18.7 Å². The number of carbonyl (C=O) groups excluding carboxylic acids is 1. The minimum atomic E-state index is -3.59. The van der Waals surface area contributed by atoms with E-state index >= 15 is 0 Å². The van der Waals surface area contributed by atoms with Gasteiger partial charge in [-0.1, -0.05) is 0 Å². The Bertz CT molecular complexity index is 875. The molecule has 2 unspecified atom stereocenters. The van der Waals surface area contributed by atoms with Gasteiger partial charge in [0.25, 0.3) is 5.91 Å². The molecule has 0 saturated carbocycles. The van der Waals surface area contributed by atoms with E-state index in [1.165, 1.54) is 6.20 Å². The van der Waals surface area contributed by atoms with Crippen LogP contribution in [0.25, 0.3) is 0 Å². The van der Waals surface area contributed by atoms with Crippen molar-refractivity contribution < 1.29 is 22.7 Å². The first-order valence-electron chi connectivity index (χ1n) is 9.12. The third-order valence-electron chi connectivity index (χ3n) is 4.35. The van der Waals surface area contributed by atoms with Crippen LogP contribution in [0.15, 0.2) is 24.4 Å². The molecular weight excluding hydrogens is 385 g/mol. The number of aryl methyl sites for hydroxylation is 2. The van der Waals surface area contributed by atoms with Crippen LogP contribution in [0.4, 0.5) is 19.0 Å². The van der Waals surface area contributed by atoms with Gasteiger partial charge in [-0.2, -0.15) is 8.78 Å². The van der Waals surface area contributed by atoms with Crippen LogP contribution in [0.3, 0.4) is 0 Å². The predicted octanol–water partition coefficient (Wildman–Crippen LogP) is 4.00. The molecule has 0 aromatic carbocycles. The van der Waals surface area contributed by atoms with Gasteiger partial charge in [-0.05, 0) is 51.5 Å². The third-order valence-corrected chi connectivity index (χ3v) is 4.35. The van der Waals surface area contributed by atoms with Gasteiger partial charge in [-0.3, -0.25) is 4.79 Å². The zero-order valence-corrected chi connectivity index (χ0v) is 17.0. The number of ether oxygens (including phenoxy) is 1. The number of nitrogens with one attached hydrogen (secondary N) is 2. The zero-order valence-electron chi connectivity index (χ0n) is 17.0. The van der Waals surface area contributed by atoms with Crippen LogP contribution < -0.4 is 15.4 Å². The highest BCUT2D eigenvalue weighted by molar-refractivity contribution is 5.95. The maximum atomic E-state index is 13.4. The Morgan fingerprint density at radius 2 is 1.93 bits per heavy atom. The highest BCUT2D eigenvalue weighted by Gasteiger charge is 2.38. The van der Waals surface area contributed by atoms with Crippen molar-refractivity contribution in [1.82, 2.24) is 15.3 Å². The zero-order chi connectivity index (χ0) is 21.8. The Morgan fingerprint density at radius 1 is 1.24 bits per heavy atom. The Hall–Kier alpha value is -2.84. The lowest BCUT2D eigenvalue weighted by atomic mass is 10.1. The van der Waals surface area contributed by atoms with Crippen molar-refractivity contribution in [2.24, 2.45) is 0 Å². The monoisotopic (exact) mass is 410 g/mol. The highest BCUT2D eigenvalue weighted by atomic mass is 19.3. The molecule has 0 aliphatic carbocycles. The number of alkyl halides is 3. The fourth-order valence-electron chi connectivity index (χ4n) is 2.54. The number of anilines is 1. The molecule has 2 N–H and O–H groups in total. The summed E-state index contributed by atoms with van der Waals surface area (Å²) >= 11 is 0. The third kappa shape index (κ3) is 5.82. The van der Waals surface area contributed by atoms with Crippen LogP contribution >= 0.6 is 0 Å². The van der Waals surface area contributed by atoms with E-state index in [1.807, 2.05) is 0 Å². The number of halogens is 3. The van der Waals surface area contributed by atoms with Gasteiger partial charge >= 0.3 is 5.92 Å². The van der Waals surface area contributed by atoms with Crippen molar-refractivity contribution in [2.45, 2.75) is 45.8 Å². The summed E-state index contributed by atoms with van der Waals surface area (Å²) in [4.78, 5) is 20.8. The van der Waals surface area contributed by atoms with E-state index in [-0.39, 0.29) is 17.8 Å². The van der Waals surface area contributed by atoms with Crippen molar-refractivity contribution in [2.75, 3.05) is 19.0 Å². The molecule has 0 fully saturated rings. The van der Waals surface area contributed by atoms with Crippen molar-refractivity contribution in [3.05, 3.63) is 46.8 Å². The largest absolute Gasteiger partial charge is 0.471 e. The summed E-state index contributed by atoms with van der Waals surface area (Å²) in [5.41, 5.74) is 2.34. The molecule has 2 rings (SSSR count). The molecule has 9 heteroatoms. The molecule has 6 nitrogen and oxygen atoms in total. The average molecular weight is 410 g/mol. The molecule has 2 aromatic heterocycles. The number of carbonyl (C=O) groups is 1. The maximum absolute atomic E-state index is 13.4. The van der Waals surface area contributed by atoms with E-state index in [4.69, 9.17) is 4.74 Å². The second-order valence-electron chi connectivity index (χ2n) is 6.88. The lowest BCUT2D eigenvalue weighted by molar-refractivity contribution is -0.0949. The molecule has 0 saturated heterocycles. The van der Waals surface area contributed by atoms with Crippen LogP contribution in [-0.2, 0) is 0 Å². The molecule has 158 valence electrons. The number of hydrogen-bond acceptors (Lipinski definition) is 5. The molecule has 0 aliphatic heterocycles. The molecule has 0 aliphatic rings. The van der Waals surface area contributed by atoms with Crippen LogP contribution in [0.1, 0.15) is 47.1 Å². The topological polar surface area (TPSA) is 76.1 Å². The average Bonchev–Trinajstić information content (AvgIpc) is 2.66. The first kappa shape index (κ1) is 22.4. The molecule has 2 atom stereocenters. The molecule has 0 spiro atoms. The van der Waals surface area contributed by atoms with Crippen molar-refractivity contribution in [3.8, 4) is 5.88 Å². The van der Waals surface area contributed by atoms with E-state index in [9.17, 15) is 18.0 Å². The van der Waals surface area contributed by atoms with Gasteiger partial charge < -0.3 is 15.4 Å². The summed E-state index contributed by atoms with van der Waals surface area (Å²) in [5, 5.41) is 5.76. The molecule has 0 bridgehead atoms. The van der Waals surface area contributed by atoms with Crippen LogP contribution in [0, 0.1) is 13.8 Å². The van der Waals surface area contributed by atoms with Crippen molar-refractivity contribution in [1.29, 1.82) is 0 Å². The number of pyridine rings is 2. The minimum Gasteiger partial charge on any atom is -0.471 e. The normalized spacial score (nSPS) is 13.5.